The summed E-state index contributed by atoms with van der Waals surface area (Å²) in [5.41, 5.74) is 0.962. The molecule has 0 radical (unpaired) electrons. The number of nitrogens with one attached hydrogen (secondary N) is 1. The lowest BCUT2D eigenvalue weighted by Gasteiger charge is -2.10. The second kappa shape index (κ2) is 4.78. The third-order valence-corrected chi connectivity index (χ3v) is 2.32. The summed E-state index contributed by atoms with van der Waals surface area (Å²) in [6.45, 7) is 1.59. The Bertz CT molecular complexity index is 531. The Morgan fingerprint density at radius 1 is 1.24 bits per heavy atom. The molecule has 1 heterocycles. The van der Waals surface area contributed by atoms with Gasteiger partial charge >= 0.3 is 0 Å². The highest BCUT2D eigenvalue weighted by molar-refractivity contribution is 5.64. The number of methoxy groups -OCH3 is 1. The van der Waals surface area contributed by atoms with Crippen molar-refractivity contribution in [1.29, 1.82) is 0 Å². The van der Waals surface area contributed by atoms with Gasteiger partial charge in [0, 0.05) is 0 Å². The third-order valence-electron chi connectivity index (χ3n) is 2.32. The lowest BCUT2D eigenvalue weighted by atomic mass is 10.3. The van der Waals surface area contributed by atoms with Crippen molar-refractivity contribution >= 4 is 11.5 Å². The molecule has 0 spiro atoms. The number of aryl methyl sites for hydroxylation is 1. The highest BCUT2D eigenvalue weighted by Crippen LogP contribution is 2.27. The van der Waals surface area contributed by atoms with Gasteiger partial charge in [-0.2, -0.15) is 0 Å². The van der Waals surface area contributed by atoms with Gasteiger partial charge in [-0.1, -0.05) is 12.1 Å². The van der Waals surface area contributed by atoms with Gasteiger partial charge in [0.1, 0.15) is 12.1 Å². The molecule has 88 valence electrons. The highest BCUT2D eigenvalue weighted by Gasteiger charge is 2.09. The summed E-state index contributed by atoms with van der Waals surface area (Å²) in [6, 6.07) is 7.24. The zero-order valence-electron chi connectivity index (χ0n) is 9.57. The molecule has 2 rings (SSSR count). The van der Waals surface area contributed by atoms with Crippen LogP contribution in [0.2, 0.25) is 0 Å². The maximum atomic E-state index is 13.7. The number of ether oxygens (including phenoxy) is 1. The topological polar surface area (TPSA) is 47.0 Å². The average molecular weight is 233 g/mol. The van der Waals surface area contributed by atoms with Crippen molar-refractivity contribution in [1.82, 2.24) is 9.97 Å². The van der Waals surface area contributed by atoms with Gasteiger partial charge in [0.25, 0.3) is 0 Å². The van der Waals surface area contributed by atoms with Crippen LogP contribution in [0.5, 0.6) is 5.75 Å². The molecule has 1 N–H and O–H groups in total. The molecule has 2 aromatic rings. The zero-order chi connectivity index (χ0) is 12.3. The van der Waals surface area contributed by atoms with E-state index < -0.39 is 5.82 Å². The van der Waals surface area contributed by atoms with E-state index in [0.29, 0.717) is 17.1 Å². The SMILES string of the molecule is COc1ccccc1Nc1ncnc(C)c1F. The number of anilines is 2. The molecule has 0 saturated heterocycles. The molecule has 0 aliphatic heterocycles. The van der Waals surface area contributed by atoms with E-state index in [1.165, 1.54) is 6.33 Å². The van der Waals surface area contributed by atoms with Gasteiger partial charge in [0.05, 0.1) is 18.5 Å². The van der Waals surface area contributed by atoms with Crippen molar-refractivity contribution in [3.05, 3.63) is 42.1 Å². The van der Waals surface area contributed by atoms with Crippen LogP contribution >= 0.6 is 0 Å². The minimum absolute atomic E-state index is 0.141. The van der Waals surface area contributed by atoms with E-state index in [1.807, 2.05) is 12.1 Å². The van der Waals surface area contributed by atoms with Crippen LogP contribution in [-0.4, -0.2) is 17.1 Å². The van der Waals surface area contributed by atoms with Crippen molar-refractivity contribution in [2.75, 3.05) is 12.4 Å². The Labute approximate surface area is 98.5 Å². The zero-order valence-corrected chi connectivity index (χ0v) is 9.57. The first-order chi connectivity index (χ1) is 8.22. The number of halogens is 1. The first-order valence-corrected chi connectivity index (χ1v) is 5.09. The fourth-order valence-electron chi connectivity index (χ4n) is 1.42. The molecule has 0 aliphatic rings. The van der Waals surface area contributed by atoms with E-state index in [-0.39, 0.29) is 5.82 Å². The second-order valence-corrected chi connectivity index (χ2v) is 3.45. The normalized spacial score (nSPS) is 10.1. The van der Waals surface area contributed by atoms with Crippen LogP contribution in [0.3, 0.4) is 0 Å². The largest absolute Gasteiger partial charge is 0.495 e. The van der Waals surface area contributed by atoms with Crippen molar-refractivity contribution in [2.45, 2.75) is 6.92 Å². The molecule has 0 unspecified atom stereocenters. The van der Waals surface area contributed by atoms with Crippen molar-refractivity contribution < 1.29 is 9.13 Å². The molecule has 0 atom stereocenters. The lowest BCUT2D eigenvalue weighted by Crippen LogP contribution is -2.01. The lowest BCUT2D eigenvalue weighted by molar-refractivity contribution is 0.416. The Morgan fingerprint density at radius 3 is 2.76 bits per heavy atom. The summed E-state index contributed by atoms with van der Waals surface area (Å²) in [4.78, 5) is 7.62. The average Bonchev–Trinajstić information content (AvgIpc) is 2.35. The Hall–Kier alpha value is -2.17. The summed E-state index contributed by atoms with van der Waals surface area (Å²) in [7, 11) is 1.56. The number of aromatic nitrogens is 2. The van der Waals surface area contributed by atoms with Gasteiger partial charge in [0.2, 0.25) is 0 Å². The van der Waals surface area contributed by atoms with Crippen LogP contribution in [-0.2, 0) is 0 Å². The molecule has 1 aromatic heterocycles. The van der Waals surface area contributed by atoms with Crippen LogP contribution in [0.15, 0.2) is 30.6 Å². The van der Waals surface area contributed by atoms with Gasteiger partial charge in [-0.25, -0.2) is 14.4 Å². The van der Waals surface area contributed by atoms with E-state index >= 15 is 0 Å². The molecule has 4 nitrogen and oxygen atoms in total. The summed E-state index contributed by atoms with van der Waals surface area (Å²) in [5.74, 6) is 0.309. The molecule has 0 aliphatic carbocycles. The van der Waals surface area contributed by atoms with Crippen LogP contribution in [0.4, 0.5) is 15.9 Å². The van der Waals surface area contributed by atoms with Crippen molar-refractivity contribution in [3.63, 3.8) is 0 Å². The number of hydrogen-bond acceptors (Lipinski definition) is 4. The molecule has 0 amide bonds. The maximum Gasteiger partial charge on any atom is 0.186 e. The summed E-state index contributed by atoms with van der Waals surface area (Å²) in [5, 5.41) is 2.88. The van der Waals surface area contributed by atoms with Crippen LogP contribution < -0.4 is 10.1 Å². The number of rotatable bonds is 3. The van der Waals surface area contributed by atoms with Crippen LogP contribution in [0, 0.1) is 12.7 Å². The number of benzene rings is 1. The van der Waals surface area contributed by atoms with E-state index in [2.05, 4.69) is 15.3 Å². The maximum absolute atomic E-state index is 13.7. The predicted molar refractivity (Wildman–Crippen MR) is 63.0 cm³/mol. The summed E-state index contributed by atoms with van der Waals surface area (Å²) in [6.07, 6.45) is 1.32. The van der Waals surface area contributed by atoms with Crippen LogP contribution in [0.1, 0.15) is 5.69 Å². The summed E-state index contributed by atoms with van der Waals surface area (Å²) < 4.78 is 18.9. The number of nitrogens with zero attached hydrogens (tertiary/aromatic N) is 2. The van der Waals surface area contributed by atoms with Gasteiger partial charge in [-0.05, 0) is 19.1 Å². The Balaban J connectivity index is 2.35. The molecule has 0 saturated carbocycles. The Morgan fingerprint density at radius 2 is 2.00 bits per heavy atom. The first kappa shape index (κ1) is 11.3. The molecule has 0 bridgehead atoms. The molecular formula is C12H12FN3O. The van der Waals surface area contributed by atoms with E-state index in [4.69, 9.17) is 4.74 Å². The van der Waals surface area contributed by atoms with Gasteiger partial charge in [-0.15, -0.1) is 0 Å². The second-order valence-electron chi connectivity index (χ2n) is 3.45. The molecular weight excluding hydrogens is 221 g/mol. The minimum Gasteiger partial charge on any atom is -0.495 e. The molecule has 1 aromatic carbocycles. The standard InChI is InChI=1S/C12H12FN3O/c1-8-11(13)12(15-7-14-8)16-9-5-3-4-6-10(9)17-2/h3-7H,1-2H3,(H,14,15,16). The molecule has 0 fully saturated rings. The monoisotopic (exact) mass is 233 g/mol. The smallest absolute Gasteiger partial charge is 0.186 e. The first-order valence-electron chi connectivity index (χ1n) is 5.09. The van der Waals surface area contributed by atoms with Crippen molar-refractivity contribution in [3.8, 4) is 5.75 Å². The quantitative estimate of drug-likeness (QED) is 0.885. The highest BCUT2D eigenvalue weighted by atomic mass is 19.1. The van der Waals surface area contributed by atoms with E-state index in [9.17, 15) is 4.39 Å². The summed E-state index contributed by atoms with van der Waals surface area (Å²) >= 11 is 0. The number of hydrogen-bond donors (Lipinski definition) is 1. The number of para-hydroxylation sites is 2. The third kappa shape index (κ3) is 2.33. The Kier molecular flexibility index (Phi) is 3.18. The molecule has 17 heavy (non-hydrogen) atoms. The van der Waals surface area contributed by atoms with Gasteiger partial charge in [0.15, 0.2) is 11.6 Å². The van der Waals surface area contributed by atoms with Crippen LogP contribution in [0.25, 0.3) is 0 Å². The van der Waals surface area contributed by atoms with Gasteiger partial charge in [-0.3, -0.25) is 0 Å². The fourth-order valence-corrected chi connectivity index (χ4v) is 1.42. The van der Waals surface area contributed by atoms with Crippen molar-refractivity contribution in [2.24, 2.45) is 0 Å². The van der Waals surface area contributed by atoms with E-state index in [1.54, 1.807) is 26.2 Å². The molecule has 5 heteroatoms. The fraction of sp³-hybridized carbons (Fsp3) is 0.167. The van der Waals surface area contributed by atoms with Gasteiger partial charge < -0.3 is 10.1 Å². The minimum atomic E-state index is -0.460. The predicted octanol–water partition coefficient (Wildman–Crippen LogP) is 2.68. The van der Waals surface area contributed by atoms with E-state index in [0.717, 1.165) is 0 Å².